The van der Waals surface area contributed by atoms with Gasteiger partial charge < -0.3 is 5.11 Å². The molecule has 0 aliphatic rings. The van der Waals surface area contributed by atoms with Crippen molar-refractivity contribution in [2.75, 3.05) is 6.61 Å². The predicted octanol–water partition coefficient (Wildman–Crippen LogP) is 4.09. The molecule has 1 atom stereocenters. The summed E-state index contributed by atoms with van der Waals surface area (Å²) in [5, 5.41) is 8.78. The standard InChI is InChI=1S/C14H26O/c1-5-7-13(3)14(4)9-6-8-12(2)10-11-15/h7,9,12,15H,5-6,8,10-11H2,1-4H3/b13-7-,14-9+. The Balaban J connectivity index is 3.90. The second kappa shape index (κ2) is 8.72. The van der Waals surface area contributed by atoms with Crippen LogP contribution in [0.1, 0.15) is 53.4 Å². The molecule has 0 bridgehead atoms. The molecule has 0 spiro atoms. The first-order valence-electron chi connectivity index (χ1n) is 6.06. The van der Waals surface area contributed by atoms with Crippen LogP contribution in [0.25, 0.3) is 0 Å². The minimum absolute atomic E-state index is 0.318. The van der Waals surface area contributed by atoms with Gasteiger partial charge in [-0.1, -0.05) is 37.1 Å². The van der Waals surface area contributed by atoms with Crippen LogP contribution < -0.4 is 0 Å². The van der Waals surface area contributed by atoms with Crippen LogP contribution in [-0.4, -0.2) is 11.7 Å². The van der Waals surface area contributed by atoms with E-state index in [1.165, 1.54) is 17.6 Å². The van der Waals surface area contributed by atoms with Crippen LogP contribution in [0.3, 0.4) is 0 Å². The Kier molecular flexibility index (Phi) is 8.40. The van der Waals surface area contributed by atoms with Gasteiger partial charge in [-0.25, -0.2) is 0 Å². The van der Waals surface area contributed by atoms with Crippen molar-refractivity contribution in [1.29, 1.82) is 0 Å². The predicted molar refractivity (Wildman–Crippen MR) is 67.9 cm³/mol. The topological polar surface area (TPSA) is 20.2 Å². The summed E-state index contributed by atoms with van der Waals surface area (Å²) in [6.07, 6.45) is 8.92. The summed E-state index contributed by atoms with van der Waals surface area (Å²) < 4.78 is 0. The lowest BCUT2D eigenvalue weighted by Gasteiger charge is -2.07. The average Bonchev–Trinajstić information content (AvgIpc) is 2.18. The molecular weight excluding hydrogens is 184 g/mol. The van der Waals surface area contributed by atoms with E-state index in [2.05, 4.69) is 39.8 Å². The van der Waals surface area contributed by atoms with Crippen LogP contribution in [0.2, 0.25) is 0 Å². The number of allylic oxidation sites excluding steroid dienone is 4. The summed E-state index contributed by atoms with van der Waals surface area (Å²) in [5.41, 5.74) is 2.79. The van der Waals surface area contributed by atoms with Crippen LogP contribution >= 0.6 is 0 Å². The molecule has 0 radical (unpaired) electrons. The highest BCUT2D eigenvalue weighted by Gasteiger charge is 1.99. The van der Waals surface area contributed by atoms with Crippen molar-refractivity contribution in [3.05, 3.63) is 23.3 Å². The molecule has 0 heterocycles. The molecule has 0 aliphatic carbocycles. The molecule has 0 saturated carbocycles. The molecule has 1 nitrogen and oxygen atoms in total. The molecule has 0 aromatic heterocycles. The summed E-state index contributed by atoms with van der Waals surface area (Å²) >= 11 is 0. The van der Waals surface area contributed by atoms with Crippen LogP contribution in [0.4, 0.5) is 0 Å². The molecule has 0 saturated heterocycles. The van der Waals surface area contributed by atoms with Crippen molar-refractivity contribution >= 4 is 0 Å². The first-order valence-corrected chi connectivity index (χ1v) is 6.06. The van der Waals surface area contributed by atoms with Gasteiger partial charge >= 0.3 is 0 Å². The van der Waals surface area contributed by atoms with Gasteiger partial charge in [0, 0.05) is 6.61 Å². The molecule has 0 fully saturated rings. The van der Waals surface area contributed by atoms with E-state index in [9.17, 15) is 0 Å². The Labute approximate surface area is 94.9 Å². The molecule has 88 valence electrons. The molecule has 0 aromatic rings. The molecule has 1 N–H and O–H groups in total. The third-order valence-electron chi connectivity index (χ3n) is 2.86. The third kappa shape index (κ3) is 7.38. The van der Waals surface area contributed by atoms with Crippen LogP contribution in [-0.2, 0) is 0 Å². The van der Waals surface area contributed by atoms with Gasteiger partial charge in [-0.15, -0.1) is 0 Å². The highest BCUT2D eigenvalue weighted by molar-refractivity contribution is 5.26. The van der Waals surface area contributed by atoms with E-state index < -0.39 is 0 Å². The van der Waals surface area contributed by atoms with Gasteiger partial charge in [-0.05, 0) is 45.4 Å². The highest BCUT2D eigenvalue weighted by Crippen LogP contribution is 2.14. The van der Waals surface area contributed by atoms with E-state index in [-0.39, 0.29) is 0 Å². The van der Waals surface area contributed by atoms with Crippen LogP contribution in [0, 0.1) is 5.92 Å². The fourth-order valence-corrected chi connectivity index (χ4v) is 1.58. The Bertz CT molecular complexity index is 213. The summed E-state index contributed by atoms with van der Waals surface area (Å²) in [7, 11) is 0. The molecule has 0 amide bonds. The molecule has 1 unspecified atom stereocenters. The van der Waals surface area contributed by atoms with Crippen LogP contribution in [0.5, 0.6) is 0 Å². The van der Waals surface area contributed by atoms with Gasteiger partial charge in [0.1, 0.15) is 0 Å². The zero-order chi connectivity index (χ0) is 11.7. The number of hydrogen-bond acceptors (Lipinski definition) is 1. The van der Waals surface area contributed by atoms with E-state index in [4.69, 9.17) is 5.11 Å². The lowest BCUT2D eigenvalue weighted by atomic mass is 10.00. The van der Waals surface area contributed by atoms with Crippen molar-refractivity contribution in [1.82, 2.24) is 0 Å². The number of rotatable bonds is 7. The zero-order valence-electron chi connectivity index (χ0n) is 10.7. The first kappa shape index (κ1) is 14.4. The van der Waals surface area contributed by atoms with Crippen molar-refractivity contribution in [2.24, 2.45) is 5.92 Å². The lowest BCUT2D eigenvalue weighted by molar-refractivity contribution is 0.259. The van der Waals surface area contributed by atoms with Gasteiger partial charge in [-0.2, -0.15) is 0 Å². The monoisotopic (exact) mass is 210 g/mol. The van der Waals surface area contributed by atoms with E-state index in [1.54, 1.807) is 0 Å². The van der Waals surface area contributed by atoms with E-state index in [0.29, 0.717) is 12.5 Å². The number of aliphatic hydroxyl groups excluding tert-OH is 1. The molecule has 0 rings (SSSR count). The molecular formula is C14H26O. The number of aliphatic hydroxyl groups is 1. The molecule has 1 heteroatoms. The summed E-state index contributed by atoms with van der Waals surface area (Å²) in [5.74, 6) is 0.634. The summed E-state index contributed by atoms with van der Waals surface area (Å²) in [4.78, 5) is 0. The van der Waals surface area contributed by atoms with Crippen LogP contribution in [0.15, 0.2) is 23.3 Å². The normalized spacial score (nSPS) is 15.5. The number of hydrogen-bond donors (Lipinski definition) is 1. The van der Waals surface area contributed by atoms with E-state index in [1.807, 2.05) is 0 Å². The van der Waals surface area contributed by atoms with Crippen molar-refractivity contribution < 1.29 is 5.11 Å². The maximum Gasteiger partial charge on any atom is 0.0433 e. The second-order valence-corrected chi connectivity index (χ2v) is 4.38. The van der Waals surface area contributed by atoms with Crippen molar-refractivity contribution in [3.8, 4) is 0 Å². The Morgan fingerprint density at radius 1 is 1.13 bits per heavy atom. The third-order valence-corrected chi connectivity index (χ3v) is 2.86. The van der Waals surface area contributed by atoms with Crippen molar-refractivity contribution in [3.63, 3.8) is 0 Å². The largest absolute Gasteiger partial charge is 0.396 e. The summed E-state index contributed by atoms with van der Waals surface area (Å²) in [6.45, 7) is 9.04. The quantitative estimate of drug-likeness (QED) is 0.628. The summed E-state index contributed by atoms with van der Waals surface area (Å²) in [6, 6.07) is 0. The lowest BCUT2D eigenvalue weighted by Crippen LogP contribution is -1.97. The second-order valence-electron chi connectivity index (χ2n) is 4.38. The highest BCUT2D eigenvalue weighted by atomic mass is 16.3. The zero-order valence-corrected chi connectivity index (χ0v) is 10.7. The van der Waals surface area contributed by atoms with Crippen molar-refractivity contribution in [2.45, 2.75) is 53.4 Å². The van der Waals surface area contributed by atoms with Gasteiger partial charge in [-0.3, -0.25) is 0 Å². The van der Waals surface area contributed by atoms with E-state index >= 15 is 0 Å². The Hall–Kier alpha value is -0.560. The van der Waals surface area contributed by atoms with Gasteiger partial charge in [0.25, 0.3) is 0 Å². The van der Waals surface area contributed by atoms with Gasteiger partial charge in [0.15, 0.2) is 0 Å². The minimum Gasteiger partial charge on any atom is -0.396 e. The van der Waals surface area contributed by atoms with Gasteiger partial charge in [0.2, 0.25) is 0 Å². The maximum absolute atomic E-state index is 8.78. The first-order chi connectivity index (χ1) is 7.11. The fraction of sp³-hybridized carbons (Fsp3) is 0.714. The molecule has 0 aliphatic heterocycles. The smallest absolute Gasteiger partial charge is 0.0433 e. The minimum atomic E-state index is 0.318. The molecule has 0 aromatic carbocycles. The Morgan fingerprint density at radius 3 is 2.27 bits per heavy atom. The van der Waals surface area contributed by atoms with E-state index in [0.717, 1.165) is 19.3 Å². The SMILES string of the molecule is CC/C=C(C)\C(C)=C\CCC(C)CCO. The van der Waals surface area contributed by atoms with Gasteiger partial charge in [0.05, 0.1) is 0 Å². The molecule has 15 heavy (non-hydrogen) atoms. The average molecular weight is 210 g/mol. The Morgan fingerprint density at radius 2 is 1.73 bits per heavy atom. The fourth-order valence-electron chi connectivity index (χ4n) is 1.58. The maximum atomic E-state index is 8.78.